The van der Waals surface area contributed by atoms with E-state index in [-0.39, 0.29) is 0 Å². The van der Waals surface area contributed by atoms with Crippen LogP contribution in [0.3, 0.4) is 0 Å². The third kappa shape index (κ3) is 2.99. The molecule has 0 aliphatic rings. The van der Waals surface area contributed by atoms with Gasteiger partial charge in [-0.15, -0.1) is 11.3 Å². The highest BCUT2D eigenvalue weighted by Gasteiger charge is 1.96. The average Bonchev–Trinajstić information content (AvgIpc) is 2.37. The molecule has 2 nitrogen and oxygen atoms in total. The molecule has 1 heterocycles. The molecule has 0 saturated heterocycles. The monoisotopic (exact) mass is 170 g/mol. The minimum absolute atomic E-state index is 1.05. The fourth-order valence-corrected chi connectivity index (χ4v) is 1.67. The predicted octanol–water partition coefficient (Wildman–Crippen LogP) is 1.60. The van der Waals surface area contributed by atoms with Crippen LogP contribution < -0.4 is 5.32 Å². The van der Waals surface area contributed by atoms with Crippen LogP contribution in [0.25, 0.3) is 0 Å². The minimum Gasteiger partial charge on any atom is -0.317 e. The van der Waals surface area contributed by atoms with Crippen molar-refractivity contribution in [3.05, 3.63) is 16.1 Å². The molecule has 1 rings (SSSR count). The Morgan fingerprint density at radius 2 is 2.45 bits per heavy atom. The maximum atomic E-state index is 4.36. The first-order valence-corrected chi connectivity index (χ1v) is 4.82. The third-order valence-corrected chi connectivity index (χ3v) is 2.46. The molecule has 0 bridgehead atoms. The van der Waals surface area contributed by atoms with Gasteiger partial charge in [0.2, 0.25) is 0 Å². The van der Waals surface area contributed by atoms with Crippen LogP contribution in [-0.4, -0.2) is 18.1 Å². The molecule has 0 saturated carbocycles. The first-order valence-electron chi connectivity index (χ1n) is 3.94. The quantitative estimate of drug-likeness (QED) is 0.694. The lowest BCUT2D eigenvalue weighted by atomic mass is 10.4. The Bertz CT molecular complexity index is 208. The van der Waals surface area contributed by atoms with Crippen molar-refractivity contribution in [2.75, 3.05) is 13.1 Å². The van der Waals surface area contributed by atoms with E-state index in [2.05, 4.69) is 22.6 Å². The van der Waals surface area contributed by atoms with E-state index in [0.717, 1.165) is 25.2 Å². The van der Waals surface area contributed by atoms with Crippen molar-refractivity contribution < 1.29 is 0 Å². The summed E-state index contributed by atoms with van der Waals surface area (Å²) >= 11 is 1.75. The van der Waals surface area contributed by atoms with Gasteiger partial charge in [-0.25, -0.2) is 4.98 Å². The maximum absolute atomic E-state index is 4.36. The van der Waals surface area contributed by atoms with Crippen LogP contribution in [0.4, 0.5) is 0 Å². The van der Waals surface area contributed by atoms with Crippen LogP contribution in [0.15, 0.2) is 5.38 Å². The Balaban J connectivity index is 2.27. The summed E-state index contributed by atoms with van der Waals surface area (Å²) < 4.78 is 0. The molecular weight excluding hydrogens is 156 g/mol. The van der Waals surface area contributed by atoms with Crippen molar-refractivity contribution in [2.24, 2.45) is 0 Å². The molecule has 1 aromatic heterocycles. The summed E-state index contributed by atoms with van der Waals surface area (Å²) in [6, 6.07) is 0. The molecule has 0 radical (unpaired) electrons. The molecular formula is C8H14N2S. The topological polar surface area (TPSA) is 24.9 Å². The third-order valence-electron chi connectivity index (χ3n) is 1.43. The smallest absolute Gasteiger partial charge is 0.0940 e. The van der Waals surface area contributed by atoms with Crippen LogP contribution in [0.2, 0.25) is 0 Å². The first kappa shape index (κ1) is 8.68. The van der Waals surface area contributed by atoms with Crippen LogP contribution in [0, 0.1) is 6.92 Å². The molecule has 0 unspecified atom stereocenters. The zero-order valence-electron chi connectivity index (χ0n) is 7.05. The van der Waals surface area contributed by atoms with Crippen LogP contribution in [-0.2, 0) is 6.42 Å². The number of thiazole rings is 1. The molecule has 3 heteroatoms. The highest BCUT2D eigenvalue weighted by molar-refractivity contribution is 7.09. The molecule has 1 aromatic rings. The fraction of sp³-hybridized carbons (Fsp3) is 0.625. The van der Waals surface area contributed by atoms with Gasteiger partial charge < -0.3 is 5.32 Å². The van der Waals surface area contributed by atoms with Gasteiger partial charge in [-0.05, 0) is 13.5 Å². The lowest BCUT2D eigenvalue weighted by Crippen LogP contribution is -2.15. The van der Waals surface area contributed by atoms with E-state index < -0.39 is 0 Å². The van der Waals surface area contributed by atoms with E-state index >= 15 is 0 Å². The normalized spacial score (nSPS) is 10.4. The summed E-state index contributed by atoms with van der Waals surface area (Å²) in [7, 11) is 0. The van der Waals surface area contributed by atoms with E-state index in [1.165, 1.54) is 5.01 Å². The SMILES string of the molecule is CCNCCc1nc(C)cs1. The average molecular weight is 170 g/mol. The number of hydrogen-bond donors (Lipinski definition) is 1. The molecule has 11 heavy (non-hydrogen) atoms. The molecule has 0 amide bonds. The van der Waals surface area contributed by atoms with E-state index in [1.54, 1.807) is 11.3 Å². The largest absolute Gasteiger partial charge is 0.317 e. The zero-order valence-corrected chi connectivity index (χ0v) is 7.87. The molecule has 0 aliphatic heterocycles. The van der Waals surface area contributed by atoms with Crippen LogP contribution in [0.1, 0.15) is 17.6 Å². The summed E-state index contributed by atoms with van der Waals surface area (Å²) in [5.74, 6) is 0. The van der Waals surface area contributed by atoms with Gasteiger partial charge in [-0.2, -0.15) is 0 Å². The van der Waals surface area contributed by atoms with Crippen molar-refractivity contribution in [3.8, 4) is 0 Å². The second kappa shape index (κ2) is 4.46. The Morgan fingerprint density at radius 3 is 3.00 bits per heavy atom. The van der Waals surface area contributed by atoms with Gasteiger partial charge in [-0.3, -0.25) is 0 Å². The van der Waals surface area contributed by atoms with Gasteiger partial charge >= 0.3 is 0 Å². The number of aryl methyl sites for hydroxylation is 1. The Kier molecular flexibility index (Phi) is 3.52. The summed E-state index contributed by atoms with van der Waals surface area (Å²) in [6.45, 7) is 6.24. The number of rotatable bonds is 4. The van der Waals surface area contributed by atoms with Crippen molar-refractivity contribution in [2.45, 2.75) is 20.3 Å². The van der Waals surface area contributed by atoms with Gasteiger partial charge in [0.25, 0.3) is 0 Å². The van der Waals surface area contributed by atoms with E-state index in [1.807, 2.05) is 6.92 Å². The van der Waals surface area contributed by atoms with Gasteiger partial charge in [-0.1, -0.05) is 6.92 Å². The predicted molar refractivity (Wildman–Crippen MR) is 49.1 cm³/mol. The lowest BCUT2D eigenvalue weighted by Gasteiger charge is -1.96. The summed E-state index contributed by atoms with van der Waals surface area (Å²) in [5, 5.41) is 6.61. The summed E-state index contributed by atoms with van der Waals surface area (Å²) in [5.41, 5.74) is 1.14. The van der Waals surface area contributed by atoms with E-state index in [0.29, 0.717) is 0 Å². The van der Waals surface area contributed by atoms with Crippen molar-refractivity contribution in [1.82, 2.24) is 10.3 Å². The Hall–Kier alpha value is -0.410. The summed E-state index contributed by atoms with van der Waals surface area (Å²) in [6.07, 6.45) is 1.06. The molecule has 0 fully saturated rings. The van der Waals surface area contributed by atoms with Crippen molar-refractivity contribution in [1.29, 1.82) is 0 Å². The number of nitrogens with zero attached hydrogens (tertiary/aromatic N) is 1. The van der Waals surface area contributed by atoms with Gasteiger partial charge in [0.05, 0.1) is 5.01 Å². The Morgan fingerprint density at radius 1 is 1.64 bits per heavy atom. The molecule has 1 N–H and O–H groups in total. The second-order valence-corrected chi connectivity index (χ2v) is 3.43. The number of likely N-dealkylation sites (N-methyl/N-ethyl adjacent to an activating group) is 1. The number of nitrogens with one attached hydrogen (secondary N) is 1. The molecule has 0 atom stereocenters. The molecule has 0 spiro atoms. The number of hydrogen-bond acceptors (Lipinski definition) is 3. The zero-order chi connectivity index (χ0) is 8.10. The van der Waals surface area contributed by atoms with Crippen LogP contribution >= 0.6 is 11.3 Å². The van der Waals surface area contributed by atoms with Gasteiger partial charge in [0.1, 0.15) is 0 Å². The lowest BCUT2D eigenvalue weighted by molar-refractivity contribution is 0.714. The van der Waals surface area contributed by atoms with Crippen LogP contribution in [0.5, 0.6) is 0 Å². The number of aromatic nitrogens is 1. The molecule has 0 aromatic carbocycles. The molecule has 62 valence electrons. The Labute approximate surface area is 71.7 Å². The second-order valence-electron chi connectivity index (χ2n) is 2.49. The standard InChI is InChI=1S/C8H14N2S/c1-3-9-5-4-8-10-7(2)6-11-8/h6,9H,3-5H2,1-2H3. The van der Waals surface area contributed by atoms with Gasteiger partial charge in [0.15, 0.2) is 0 Å². The molecule has 0 aliphatic carbocycles. The first-order chi connectivity index (χ1) is 5.33. The highest BCUT2D eigenvalue weighted by Crippen LogP contribution is 2.08. The highest BCUT2D eigenvalue weighted by atomic mass is 32.1. The van der Waals surface area contributed by atoms with Crippen molar-refractivity contribution in [3.63, 3.8) is 0 Å². The fourth-order valence-electron chi connectivity index (χ4n) is 0.890. The summed E-state index contributed by atoms with van der Waals surface area (Å²) in [4.78, 5) is 4.36. The van der Waals surface area contributed by atoms with E-state index in [9.17, 15) is 0 Å². The van der Waals surface area contributed by atoms with Crippen molar-refractivity contribution >= 4 is 11.3 Å². The maximum Gasteiger partial charge on any atom is 0.0940 e. The minimum atomic E-state index is 1.05. The van der Waals surface area contributed by atoms with E-state index in [4.69, 9.17) is 0 Å². The van der Waals surface area contributed by atoms with Gasteiger partial charge in [0, 0.05) is 24.0 Å².